The van der Waals surface area contributed by atoms with Crippen LogP contribution in [0, 0.1) is 6.92 Å². The Balaban J connectivity index is 1.85. The Bertz CT molecular complexity index is 645. The van der Waals surface area contributed by atoms with E-state index in [4.69, 9.17) is 4.74 Å². The molecule has 0 aliphatic carbocycles. The van der Waals surface area contributed by atoms with Gasteiger partial charge in [0.05, 0.1) is 18.1 Å². The normalized spacial score (nSPS) is 17.2. The number of nitrogens with zero attached hydrogens (tertiary/aromatic N) is 3. The van der Waals surface area contributed by atoms with Crippen molar-refractivity contribution < 1.29 is 9.53 Å². The molecule has 5 heteroatoms. The molecule has 0 bridgehead atoms. The van der Waals surface area contributed by atoms with Gasteiger partial charge in [0.2, 0.25) is 5.91 Å². The first-order chi connectivity index (χ1) is 11.2. The lowest BCUT2D eigenvalue weighted by molar-refractivity contribution is -0.135. The average molecular weight is 313 g/mol. The summed E-state index contributed by atoms with van der Waals surface area (Å²) in [4.78, 5) is 19.4. The van der Waals surface area contributed by atoms with Gasteiger partial charge in [-0.3, -0.25) is 4.79 Å². The van der Waals surface area contributed by atoms with Crippen LogP contribution in [0.3, 0.4) is 0 Å². The van der Waals surface area contributed by atoms with Crippen molar-refractivity contribution in [3.05, 3.63) is 54.1 Å². The molecule has 0 saturated carbocycles. The molecule has 23 heavy (non-hydrogen) atoms. The highest BCUT2D eigenvalue weighted by atomic mass is 16.5. The van der Waals surface area contributed by atoms with Crippen LogP contribution < -0.4 is 0 Å². The summed E-state index contributed by atoms with van der Waals surface area (Å²) < 4.78 is 7.31. The van der Waals surface area contributed by atoms with Gasteiger partial charge in [0, 0.05) is 26.4 Å². The molecule has 1 aromatic heterocycles. The Morgan fingerprint density at radius 2 is 1.96 bits per heavy atom. The number of hydrogen-bond acceptors (Lipinski definition) is 3. The van der Waals surface area contributed by atoms with Gasteiger partial charge < -0.3 is 14.2 Å². The fourth-order valence-corrected chi connectivity index (χ4v) is 3.14. The molecule has 1 fully saturated rings. The zero-order valence-electron chi connectivity index (χ0n) is 13.7. The van der Waals surface area contributed by atoms with Crippen molar-refractivity contribution in [1.29, 1.82) is 0 Å². The van der Waals surface area contributed by atoms with Crippen molar-refractivity contribution in [1.82, 2.24) is 14.5 Å². The van der Waals surface area contributed by atoms with Crippen LogP contribution in [0.5, 0.6) is 0 Å². The van der Waals surface area contributed by atoms with Gasteiger partial charge in [-0.15, -0.1) is 0 Å². The number of imidazole rings is 1. The number of likely N-dealkylation sites (tertiary alicyclic amines) is 1. The maximum Gasteiger partial charge on any atom is 0.250 e. The summed E-state index contributed by atoms with van der Waals surface area (Å²) >= 11 is 0. The first-order valence-electron chi connectivity index (χ1n) is 8.05. The molecular formula is C18H23N3O2. The van der Waals surface area contributed by atoms with E-state index in [1.54, 1.807) is 13.4 Å². The topological polar surface area (TPSA) is 47.4 Å². The van der Waals surface area contributed by atoms with Crippen LogP contribution in [0.15, 0.2) is 42.9 Å². The molecule has 1 saturated heterocycles. The highest BCUT2D eigenvalue weighted by Crippen LogP contribution is 2.24. The van der Waals surface area contributed by atoms with E-state index in [1.807, 2.05) is 52.9 Å². The van der Waals surface area contributed by atoms with Gasteiger partial charge in [-0.1, -0.05) is 30.3 Å². The molecule has 1 aliphatic rings. The maximum atomic E-state index is 13.1. The number of aryl methyl sites for hydroxylation is 1. The zero-order valence-corrected chi connectivity index (χ0v) is 13.7. The third-order valence-corrected chi connectivity index (χ3v) is 4.46. The summed E-state index contributed by atoms with van der Waals surface area (Å²) in [5.41, 5.74) is 1.90. The van der Waals surface area contributed by atoms with Gasteiger partial charge in [0.15, 0.2) is 0 Å². The van der Waals surface area contributed by atoms with Crippen molar-refractivity contribution in [2.24, 2.45) is 0 Å². The quantitative estimate of drug-likeness (QED) is 0.871. The van der Waals surface area contributed by atoms with E-state index in [2.05, 4.69) is 4.98 Å². The minimum Gasteiger partial charge on any atom is -0.381 e. The maximum absolute atomic E-state index is 13.1. The third kappa shape index (κ3) is 3.45. The Labute approximate surface area is 136 Å². The van der Waals surface area contributed by atoms with Crippen molar-refractivity contribution in [3.8, 4) is 0 Å². The number of carbonyl (C=O) groups is 1. The van der Waals surface area contributed by atoms with E-state index in [9.17, 15) is 4.79 Å². The van der Waals surface area contributed by atoms with Gasteiger partial charge in [0.1, 0.15) is 6.04 Å². The monoisotopic (exact) mass is 313 g/mol. The van der Waals surface area contributed by atoms with E-state index in [-0.39, 0.29) is 18.1 Å². The lowest BCUT2D eigenvalue weighted by Gasteiger charge is -2.34. The van der Waals surface area contributed by atoms with Crippen molar-refractivity contribution in [3.63, 3.8) is 0 Å². The zero-order chi connectivity index (χ0) is 16.2. The largest absolute Gasteiger partial charge is 0.381 e. The third-order valence-electron chi connectivity index (χ3n) is 4.46. The minimum absolute atomic E-state index is 0.128. The highest BCUT2D eigenvalue weighted by Gasteiger charge is 2.30. The number of hydrogen-bond donors (Lipinski definition) is 0. The first kappa shape index (κ1) is 15.7. The number of benzene rings is 1. The molecule has 2 heterocycles. The Morgan fingerprint density at radius 1 is 1.26 bits per heavy atom. The predicted molar refractivity (Wildman–Crippen MR) is 88.2 cm³/mol. The van der Waals surface area contributed by atoms with Gasteiger partial charge in [-0.2, -0.15) is 0 Å². The smallest absolute Gasteiger partial charge is 0.250 e. The summed E-state index contributed by atoms with van der Waals surface area (Å²) in [7, 11) is 1.74. The summed E-state index contributed by atoms with van der Waals surface area (Å²) in [6.45, 7) is 3.43. The molecule has 1 amide bonds. The summed E-state index contributed by atoms with van der Waals surface area (Å²) in [6, 6.07) is 9.55. The molecule has 1 aliphatic heterocycles. The van der Waals surface area contributed by atoms with Crippen molar-refractivity contribution in [2.45, 2.75) is 31.9 Å². The number of carbonyl (C=O) groups excluding carboxylic acids is 1. The van der Waals surface area contributed by atoms with E-state index in [1.165, 1.54) is 0 Å². The van der Waals surface area contributed by atoms with Crippen LogP contribution in [0.2, 0.25) is 0 Å². The second-order valence-corrected chi connectivity index (χ2v) is 6.04. The Hall–Kier alpha value is -2.14. The summed E-state index contributed by atoms with van der Waals surface area (Å²) in [6.07, 6.45) is 5.73. The number of methoxy groups -OCH3 is 1. The number of rotatable bonds is 4. The second-order valence-electron chi connectivity index (χ2n) is 6.04. The van der Waals surface area contributed by atoms with Gasteiger partial charge >= 0.3 is 0 Å². The molecule has 0 spiro atoms. The van der Waals surface area contributed by atoms with Crippen LogP contribution in [0.1, 0.15) is 30.1 Å². The molecular weight excluding hydrogens is 290 g/mol. The molecule has 0 radical (unpaired) electrons. The predicted octanol–water partition coefficient (Wildman–Crippen LogP) is 2.42. The minimum atomic E-state index is -0.350. The van der Waals surface area contributed by atoms with Crippen LogP contribution in [0.4, 0.5) is 0 Å². The van der Waals surface area contributed by atoms with Gasteiger partial charge in [-0.25, -0.2) is 4.98 Å². The molecule has 3 rings (SSSR count). The average Bonchev–Trinajstić information content (AvgIpc) is 3.02. The van der Waals surface area contributed by atoms with Gasteiger partial charge in [0.25, 0.3) is 0 Å². The van der Waals surface area contributed by atoms with Crippen LogP contribution in [-0.2, 0) is 9.53 Å². The van der Waals surface area contributed by atoms with Crippen LogP contribution in [0.25, 0.3) is 0 Å². The molecule has 1 unspecified atom stereocenters. The molecule has 0 N–H and O–H groups in total. The standard InChI is InChI=1S/C18H23N3O2/c1-14-12-21(13-19-14)17(15-6-4-3-5-7-15)18(22)20-10-8-16(23-2)9-11-20/h3-7,12-13,16-17H,8-11H2,1-2H3. The fraction of sp³-hybridized carbons (Fsp3) is 0.444. The molecule has 2 aromatic rings. The van der Waals surface area contributed by atoms with Crippen LogP contribution in [-0.4, -0.2) is 46.7 Å². The molecule has 5 nitrogen and oxygen atoms in total. The van der Waals surface area contributed by atoms with Crippen molar-refractivity contribution in [2.75, 3.05) is 20.2 Å². The second kappa shape index (κ2) is 6.96. The number of amides is 1. The van der Waals surface area contributed by atoms with E-state index in [0.29, 0.717) is 0 Å². The Kier molecular flexibility index (Phi) is 4.76. The number of piperidine rings is 1. The summed E-state index contributed by atoms with van der Waals surface area (Å²) in [5, 5.41) is 0. The number of ether oxygens (including phenoxy) is 1. The molecule has 1 atom stereocenters. The molecule has 1 aromatic carbocycles. The van der Waals surface area contributed by atoms with E-state index >= 15 is 0 Å². The van der Waals surface area contributed by atoms with Crippen LogP contribution >= 0.6 is 0 Å². The van der Waals surface area contributed by atoms with Gasteiger partial charge in [-0.05, 0) is 25.3 Å². The fourth-order valence-electron chi connectivity index (χ4n) is 3.14. The number of aromatic nitrogens is 2. The van der Waals surface area contributed by atoms with E-state index in [0.717, 1.165) is 37.2 Å². The summed E-state index contributed by atoms with van der Waals surface area (Å²) in [5.74, 6) is 0.128. The lowest BCUT2D eigenvalue weighted by atomic mass is 10.0. The SMILES string of the molecule is COC1CCN(C(=O)C(c2ccccc2)n2cnc(C)c2)CC1. The molecule has 122 valence electrons. The first-order valence-corrected chi connectivity index (χ1v) is 8.05. The lowest BCUT2D eigenvalue weighted by Crippen LogP contribution is -2.44. The highest BCUT2D eigenvalue weighted by molar-refractivity contribution is 5.83. The van der Waals surface area contributed by atoms with E-state index < -0.39 is 0 Å². The van der Waals surface area contributed by atoms with Crippen molar-refractivity contribution >= 4 is 5.91 Å². The Morgan fingerprint density at radius 3 is 2.52 bits per heavy atom.